The molecule has 0 saturated heterocycles. The lowest BCUT2D eigenvalue weighted by Gasteiger charge is -2.30. The Balaban J connectivity index is 1.70. The first-order valence-corrected chi connectivity index (χ1v) is 10.8. The Morgan fingerprint density at radius 3 is 1.46 bits per heavy atom. The van der Waals surface area contributed by atoms with E-state index in [0.717, 1.165) is 36.4 Å². The van der Waals surface area contributed by atoms with Gasteiger partial charge in [0.1, 0.15) is 23.8 Å². The second kappa shape index (κ2) is 9.57. The first kappa shape index (κ1) is 25.1. The van der Waals surface area contributed by atoms with Gasteiger partial charge in [-0.3, -0.25) is 20.2 Å². The Labute approximate surface area is 208 Å². The van der Waals surface area contributed by atoms with E-state index in [1.165, 1.54) is 48.6 Å². The Kier molecular flexibility index (Phi) is 6.49. The first-order chi connectivity index (χ1) is 17.7. The van der Waals surface area contributed by atoms with Gasteiger partial charge >= 0.3 is 0 Å². The maximum atomic E-state index is 14.5. The molecule has 0 N–H and O–H groups in total. The SMILES string of the molecule is N#CC1=CC(c2ccccc2F)([N+](=O)[O-])C=CC1OC1C=CC(c2ccccc2F)([N+](=O)[O-])C=C1C#N. The van der Waals surface area contributed by atoms with Gasteiger partial charge in [-0.1, -0.05) is 24.3 Å². The van der Waals surface area contributed by atoms with Gasteiger partial charge in [0, 0.05) is 34.2 Å². The molecule has 0 aromatic heterocycles. The van der Waals surface area contributed by atoms with Crippen molar-refractivity contribution in [3.63, 3.8) is 0 Å². The minimum Gasteiger partial charge on any atom is -0.356 e. The van der Waals surface area contributed by atoms with Crippen LogP contribution in [0, 0.1) is 54.5 Å². The van der Waals surface area contributed by atoms with Crippen molar-refractivity contribution in [1.82, 2.24) is 0 Å². The zero-order valence-corrected chi connectivity index (χ0v) is 18.8. The molecule has 0 spiro atoms. The van der Waals surface area contributed by atoms with E-state index in [2.05, 4.69) is 0 Å². The highest BCUT2D eigenvalue weighted by Gasteiger charge is 2.48. The van der Waals surface area contributed by atoms with Crippen molar-refractivity contribution in [2.75, 3.05) is 0 Å². The summed E-state index contributed by atoms with van der Waals surface area (Å²) in [5.41, 5.74) is -5.35. The standard InChI is InChI=1S/C26H16F2N4O5/c27-21-7-3-1-5-19(21)25(31(33)34)11-9-23(17(13-25)15-29)37-24-10-12-26(32(35)36,14-18(24)16-30)20-6-2-4-8-22(20)28/h1-14,23-24H. The van der Waals surface area contributed by atoms with E-state index >= 15 is 0 Å². The van der Waals surface area contributed by atoms with Gasteiger partial charge in [0.25, 0.3) is 11.1 Å². The summed E-state index contributed by atoms with van der Waals surface area (Å²) < 4.78 is 34.8. The van der Waals surface area contributed by atoms with E-state index in [4.69, 9.17) is 4.74 Å². The van der Waals surface area contributed by atoms with Crippen molar-refractivity contribution in [1.29, 1.82) is 10.5 Å². The lowest BCUT2D eigenvalue weighted by atomic mass is 9.82. The number of nitriles is 2. The molecule has 0 heterocycles. The van der Waals surface area contributed by atoms with Crippen molar-refractivity contribution >= 4 is 0 Å². The van der Waals surface area contributed by atoms with Crippen molar-refractivity contribution < 1.29 is 23.4 Å². The third-order valence-electron chi connectivity index (χ3n) is 6.18. The summed E-state index contributed by atoms with van der Waals surface area (Å²) in [5, 5.41) is 43.4. The number of hydrogen-bond donors (Lipinski definition) is 0. The van der Waals surface area contributed by atoms with Gasteiger partial charge in [-0.15, -0.1) is 0 Å². The number of benzene rings is 2. The minimum absolute atomic E-state index is 0.228. The summed E-state index contributed by atoms with van der Waals surface area (Å²) in [4.78, 5) is 22.6. The lowest BCUT2D eigenvalue weighted by molar-refractivity contribution is -0.549. The van der Waals surface area contributed by atoms with Gasteiger partial charge in [-0.05, 0) is 36.4 Å². The van der Waals surface area contributed by atoms with Crippen LogP contribution >= 0.6 is 0 Å². The summed E-state index contributed by atoms with van der Waals surface area (Å²) in [6.45, 7) is 0. The minimum atomic E-state index is -2.17. The van der Waals surface area contributed by atoms with Crippen LogP contribution < -0.4 is 0 Å². The van der Waals surface area contributed by atoms with Crippen LogP contribution in [0.1, 0.15) is 11.1 Å². The molecule has 4 unspecified atom stereocenters. The van der Waals surface area contributed by atoms with Gasteiger partial charge in [0.05, 0.1) is 34.4 Å². The molecule has 0 fully saturated rings. The van der Waals surface area contributed by atoms with Gasteiger partial charge in [-0.25, -0.2) is 8.78 Å². The van der Waals surface area contributed by atoms with Crippen LogP contribution in [0.2, 0.25) is 0 Å². The zero-order valence-electron chi connectivity index (χ0n) is 18.8. The van der Waals surface area contributed by atoms with Crippen LogP contribution in [0.25, 0.3) is 0 Å². The Morgan fingerprint density at radius 2 is 1.14 bits per heavy atom. The molecule has 0 bridgehead atoms. The average molecular weight is 502 g/mol. The molecule has 2 aromatic carbocycles. The van der Waals surface area contributed by atoms with E-state index < -0.39 is 44.8 Å². The second-order valence-corrected chi connectivity index (χ2v) is 8.24. The largest absolute Gasteiger partial charge is 0.356 e. The van der Waals surface area contributed by atoms with Gasteiger partial charge in [-0.2, -0.15) is 10.5 Å². The van der Waals surface area contributed by atoms with E-state index in [-0.39, 0.29) is 22.3 Å². The van der Waals surface area contributed by atoms with Crippen LogP contribution in [0.15, 0.2) is 96.1 Å². The molecule has 11 heteroatoms. The Bertz CT molecular complexity index is 1390. The summed E-state index contributed by atoms with van der Waals surface area (Å²) in [7, 11) is 0. The number of rotatable bonds is 6. The molecule has 2 aromatic rings. The van der Waals surface area contributed by atoms with Crippen molar-refractivity contribution in [2.45, 2.75) is 23.3 Å². The van der Waals surface area contributed by atoms with Crippen LogP contribution in [0.4, 0.5) is 8.78 Å². The van der Waals surface area contributed by atoms with E-state index in [1.807, 2.05) is 12.1 Å². The summed E-state index contributed by atoms with van der Waals surface area (Å²) >= 11 is 0. The molecule has 0 radical (unpaired) electrons. The molecule has 2 aliphatic carbocycles. The molecule has 0 aliphatic heterocycles. The molecule has 0 amide bonds. The summed E-state index contributed by atoms with van der Waals surface area (Å²) in [6.07, 6.45) is 4.13. The maximum absolute atomic E-state index is 14.5. The fourth-order valence-corrected chi connectivity index (χ4v) is 4.33. The fraction of sp³-hybridized carbons (Fsp3) is 0.154. The quantitative estimate of drug-likeness (QED) is 0.323. The molecule has 2 aliphatic rings. The van der Waals surface area contributed by atoms with E-state index in [9.17, 15) is 39.5 Å². The maximum Gasteiger partial charge on any atom is 0.287 e. The highest BCUT2D eigenvalue weighted by Crippen LogP contribution is 2.39. The van der Waals surface area contributed by atoms with Crippen LogP contribution in [0.5, 0.6) is 0 Å². The van der Waals surface area contributed by atoms with E-state index in [0.29, 0.717) is 0 Å². The lowest BCUT2D eigenvalue weighted by Crippen LogP contribution is -2.39. The van der Waals surface area contributed by atoms with Crippen molar-refractivity contribution in [3.05, 3.63) is 139 Å². The fourth-order valence-electron chi connectivity index (χ4n) is 4.33. The third-order valence-corrected chi connectivity index (χ3v) is 6.18. The Morgan fingerprint density at radius 1 is 0.757 bits per heavy atom. The first-order valence-electron chi connectivity index (χ1n) is 10.8. The number of ether oxygens (including phenoxy) is 1. The molecular weight excluding hydrogens is 486 g/mol. The topological polar surface area (TPSA) is 143 Å². The molecule has 184 valence electrons. The second-order valence-electron chi connectivity index (χ2n) is 8.24. The smallest absolute Gasteiger partial charge is 0.287 e. The molecule has 9 nitrogen and oxygen atoms in total. The summed E-state index contributed by atoms with van der Waals surface area (Å²) in [6, 6.07) is 13.8. The van der Waals surface area contributed by atoms with Crippen molar-refractivity contribution in [3.8, 4) is 12.1 Å². The average Bonchev–Trinajstić information content (AvgIpc) is 2.89. The number of halogens is 2. The molecular formula is C26H16F2N4O5. The van der Waals surface area contributed by atoms with E-state index in [1.54, 1.807) is 0 Å². The number of nitrogens with zero attached hydrogens (tertiary/aromatic N) is 4. The van der Waals surface area contributed by atoms with Gasteiger partial charge < -0.3 is 4.74 Å². The van der Waals surface area contributed by atoms with Gasteiger partial charge in [0.15, 0.2) is 0 Å². The van der Waals surface area contributed by atoms with Crippen LogP contribution in [0.3, 0.4) is 0 Å². The van der Waals surface area contributed by atoms with Crippen molar-refractivity contribution in [2.24, 2.45) is 0 Å². The summed E-state index contributed by atoms with van der Waals surface area (Å²) in [5.74, 6) is -1.68. The highest BCUT2D eigenvalue weighted by atomic mass is 19.1. The normalized spacial score (nSPS) is 26.4. The Hall–Kier alpha value is -5.00. The molecule has 4 rings (SSSR count). The zero-order chi connectivity index (χ0) is 26.8. The molecule has 37 heavy (non-hydrogen) atoms. The van der Waals surface area contributed by atoms with Gasteiger partial charge in [0.2, 0.25) is 0 Å². The third kappa shape index (κ3) is 4.18. The highest BCUT2D eigenvalue weighted by molar-refractivity contribution is 5.47. The predicted octanol–water partition coefficient (Wildman–Crippen LogP) is 4.40. The monoisotopic (exact) mass is 502 g/mol. The van der Waals surface area contributed by atoms with Crippen LogP contribution in [-0.4, -0.2) is 22.1 Å². The van der Waals surface area contributed by atoms with Crippen LogP contribution in [-0.2, 0) is 15.8 Å². The molecule has 4 atom stereocenters. The molecule has 0 saturated carbocycles. The predicted molar refractivity (Wildman–Crippen MR) is 124 cm³/mol. The number of hydrogen-bond acceptors (Lipinski definition) is 7. The number of nitro groups is 2.